The third kappa shape index (κ3) is 4.24. The summed E-state index contributed by atoms with van der Waals surface area (Å²) in [6.45, 7) is 0. The zero-order valence-electron chi connectivity index (χ0n) is 7.80. The number of hydrogen-bond acceptors (Lipinski definition) is 2. The lowest BCUT2D eigenvalue weighted by Crippen LogP contribution is -2.34. The average Bonchev–Trinajstić information content (AvgIpc) is 2.27. The van der Waals surface area contributed by atoms with E-state index in [1.807, 2.05) is 30.3 Å². The van der Waals surface area contributed by atoms with Crippen LogP contribution in [0.25, 0.3) is 0 Å². The Morgan fingerprint density at radius 2 is 1.56 bits per heavy atom. The van der Waals surface area contributed by atoms with Gasteiger partial charge in [-0.1, -0.05) is 75.4 Å². The number of hydrogen-bond donors (Lipinski definition) is 0. The second-order valence-corrected chi connectivity index (χ2v) is 8.78. The molecule has 0 N–H and O–H groups in total. The molecule has 0 unspecified atom stereocenters. The van der Waals surface area contributed by atoms with Crippen molar-refractivity contribution in [3.05, 3.63) is 30.3 Å². The van der Waals surface area contributed by atoms with E-state index in [-0.39, 0.29) is 5.88 Å². The van der Waals surface area contributed by atoms with E-state index in [1.165, 1.54) is 10.8 Å². The first-order valence-electron chi connectivity index (χ1n) is 4.11. The van der Waals surface area contributed by atoms with Gasteiger partial charge in [-0.25, -0.2) is 0 Å². The van der Waals surface area contributed by atoms with Gasteiger partial charge < -0.3 is 0 Å². The average molecular weight is 357 g/mol. The van der Waals surface area contributed by atoms with Crippen LogP contribution in [0.15, 0.2) is 35.2 Å². The summed E-state index contributed by atoms with van der Waals surface area (Å²) in [5.74, 6) is -0.0501. The lowest BCUT2D eigenvalue weighted by molar-refractivity contribution is 0.918. The molecule has 0 fully saturated rings. The molecule has 0 saturated heterocycles. The van der Waals surface area contributed by atoms with Crippen LogP contribution in [0.3, 0.4) is 0 Å². The monoisotopic (exact) mass is 354 g/mol. The lowest BCUT2D eigenvalue weighted by Gasteiger charge is -2.29. The first-order valence-corrected chi connectivity index (χ1v) is 8.31. The molecule has 1 aromatic carbocycles. The van der Waals surface area contributed by atoms with Crippen molar-refractivity contribution in [3.63, 3.8) is 0 Å². The van der Waals surface area contributed by atoms with Crippen molar-refractivity contribution in [2.24, 2.45) is 0 Å². The van der Waals surface area contributed by atoms with Crippen molar-refractivity contribution in [3.8, 4) is 0 Å². The van der Waals surface area contributed by atoms with Crippen molar-refractivity contribution in [2.75, 3.05) is 5.88 Å². The molecular formula is C9H7Cl5S2. The molecule has 0 atom stereocenters. The van der Waals surface area contributed by atoms with E-state index >= 15 is 0 Å². The van der Waals surface area contributed by atoms with Crippen LogP contribution >= 0.6 is 79.6 Å². The van der Waals surface area contributed by atoms with Gasteiger partial charge in [0.25, 0.3) is 0 Å². The second-order valence-electron chi connectivity index (χ2n) is 2.83. The minimum atomic E-state index is -1.40. The summed E-state index contributed by atoms with van der Waals surface area (Å²) in [7, 11) is 2.56. The van der Waals surface area contributed by atoms with Crippen molar-refractivity contribution < 1.29 is 0 Å². The van der Waals surface area contributed by atoms with Crippen molar-refractivity contribution >= 4 is 79.6 Å². The standard InChI is InChI=1S/C9H7Cl5S2/c10-6-8(11,12)9(13,14)16-15-7-4-2-1-3-5-7/h1-5H,6H2. The summed E-state index contributed by atoms with van der Waals surface area (Å²) in [5, 5.41) is 0. The Hall–Kier alpha value is 1.37. The van der Waals surface area contributed by atoms with Crippen molar-refractivity contribution in [1.82, 2.24) is 0 Å². The topological polar surface area (TPSA) is 0 Å². The van der Waals surface area contributed by atoms with E-state index in [0.29, 0.717) is 0 Å². The van der Waals surface area contributed by atoms with Gasteiger partial charge in [0.05, 0.1) is 5.88 Å². The highest BCUT2D eigenvalue weighted by Gasteiger charge is 2.47. The predicted molar refractivity (Wildman–Crippen MR) is 79.5 cm³/mol. The molecule has 0 nitrogen and oxygen atoms in total. The molecule has 0 aliphatic carbocycles. The molecule has 0 bridgehead atoms. The summed E-state index contributed by atoms with van der Waals surface area (Å²) >= 11 is 29.5. The van der Waals surface area contributed by atoms with Gasteiger partial charge in [-0.15, -0.1) is 11.6 Å². The quantitative estimate of drug-likeness (QED) is 0.471. The first kappa shape index (κ1) is 15.4. The fourth-order valence-electron chi connectivity index (χ4n) is 0.715. The zero-order valence-corrected chi connectivity index (χ0v) is 13.2. The number of rotatable bonds is 5. The fraction of sp³-hybridized carbons (Fsp3) is 0.333. The lowest BCUT2D eigenvalue weighted by atomic mass is 10.4. The summed E-state index contributed by atoms with van der Waals surface area (Å²) in [6.07, 6.45) is 0. The maximum atomic E-state index is 6.04. The van der Waals surface area contributed by atoms with Gasteiger partial charge in [0.15, 0.2) is 4.33 Å². The third-order valence-corrected chi connectivity index (χ3v) is 8.04. The van der Waals surface area contributed by atoms with Crippen LogP contribution in [-0.2, 0) is 0 Å². The molecular weight excluding hydrogens is 349 g/mol. The molecule has 16 heavy (non-hydrogen) atoms. The van der Waals surface area contributed by atoms with E-state index in [0.717, 1.165) is 15.7 Å². The number of halogens is 5. The van der Waals surface area contributed by atoms with Gasteiger partial charge >= 0.3 is 0 Å². The number of alkyl halides is 5. The predicted octanol–water partition coefficient (Wildman–Crippen LogP) is 5.97. The van der Waals surface area contributed by atoms with Crippen LogP contribution in [0.5, 0.6) is 0 Å². The molecule has 1 rings (SSSR count). The van der Waals surface area contributed by atoms with Gasteiger partial charge in [0.2, 0.25) is 3.67 Å². The number of benzene rings is 1. The van der Waals surface area contributed by atoms with Crippen molar-refractivity contribution in [1.29, 1.82) is 0 Å². The Labute approximate surface area is 128 Å². The maximum Gasteiger partial charge on any atom is 0.207 e. The zero-order chi connectivity index (χ0) is 12.2. The van der Waals surface area contributed by atoms with Crippen LogP contribution in [-0.4, -0.2) is 13.9 Å². The van der Waals surface area contributed by atoms with E-state index in [4.69, 9.17) is 58.0 Å². The Bertz CT molecular complexity index is 328. The van der Waals surface area contributed by atoms with Crippen LogP contribution in [0.2, 0.25) is 0 Å². The Kier molecular flexibility index (Phi) is 6.28. The first-order chi connectivity index (χ1) is 7.39. The van der Waals surface area contributed by atoms with Crippen LogP contribution in [0, 0.1) is 0 Å². The summed E-state index contributed by atoms with van der Waals surface area (Å²) in [6, 6.07) is 9.64. The smallest absolute Gasteiger partial charge is 0.123 e. The SMILES string of the molecule is ClCC(Cl)(Cl)C(Cl)(Cl)SSc1ccccc1. The largest absolute Gasteiger partial charge is 0.207 e. The molecule has 0 saturated carbocycles. The summed E-state index contributed by atoms with van der Waals surface area (Å²) in [5.41, 5.74) is 0. The maximum absolute atomic E-state index is 6.04. The van der Waals surface area contributed by atoms with Crippen LogP contribution in [0.1, 0.15) is 0 Å². The van der Waals surface area contributed by atoms with Gasteiger partial charge in [0, 0.05) is 4.90 Å². The van der Waals surface area contributed by atoms with Gasteiger partial charge in [-0.05, 0) is 22.9 Å². The van der Waals surface area contributed by atoms with Gasteiger partial charge in [-0.2, -0.15) is 0 Å². The minimum Gasteiger partial charge on any atom is -0.123 e. The van der Waals surface area contributed by atoms with Gasteiger partial charge in [-0.3, -0.25) is 0 Å². The van der Waals surface area contributed by atoms with Gasteiger partial charge in [0.1, 0.15) is 0 Å². The van der Waals surface area contributed by atoms with E-state index in [1.54, 1.807) is 0 Å². The van der Waals surface area contributed by atoms with Crippen molar-refractivity contribution in [2.45, 2.75) is 12.9 Å². The third-order valence-electron chi connectivity index (χ3n) is 1.58. The van der Waals surface area contributed by atoms with E-state index in [9.17, 15) is 0 Å². The van der Waals surface area contributed by atoms with Crippen LogP contribution in [0.4, 0.5) is 0 Å². The Morgan fingerprint density at radius 3 is 2.06 bits per heavy atom. The minimum absolute atomic E-state index is 0.0501. The fourth-order valence-corrected chi connectivity index (χ4v) is 4.36. The van der Waals surface area contributed by atoms with Crippen LogP contribution < -0.4 is 0 Å². The summed E-state index contributed by atoms with van der Waals surface area (Å²) < 4.78 is -2.78. The molecule has 0 spiro atoms. The summed E-state index contributed by atoms with van der Waals surface area (Å²) in [4.78, 5) is 1.01. The highest BCUT2D eigenvalue weighted by Crippen LogP contribution is 2.56. The second kappa shape index (κ2) is 6.51. The highest BCUT2D eigenvalue weighted by atomic mass is 35.5. The van der Waals surface area contributed by atoms with E-state index in [2.05, 4.69) is 0 Å². The highest BCUT2D eigenvalue weighted by molar-refractivity contribution is 8.77. The molecule has 0 amide bonds. The normalized spacial score (nSPS) is 12.8. The molecule has 0 aliphatic rings. The molecule has 90 valence electrons. The molecule has 0 aromatic heterocycles. The molecule has 0 aliphatic heterocycles. The Morgan fingerprint density at radius 1 is 1.00 bits per heavy atom. The molecule has 0 radical (unpaired) electrons. The Balaban J connectivity index is 2.61. The molecule has 7 heteroatoms. The molecule has 1 aromatic rings. The molecule has 0 heterocycles. The van der Waals surface area contributed by atoms with E-state index < -0.39 is 8.00 Å².